The van der Waals surface area contributed by atoms with Gasteiger partial charge < -0.3 is 37.0 Å². The summed E-state index contributed by atoms with van der Waals surface area (Å²) < 4.78 is 0. The molecule has 0 rings (SSSR count). The maximum atomic E-state index is 11.4. The second-order valence-corrected chi connectivity index (χ2v) is 4.85. The molecule has 0 radical (unpaired) electrons. The molecule has 2 unspecified atom stereocenters. The van der Waals surface area contributed by atoms with E-state index in [0.29, 0.717) is 11.6 Å². The lowest BCUT2D eigenvalue weighted by atomic mass is 10.1. The van der Waals surface area contributed by atoms with Gasteiger partial charge in [0.05, 0.1) is 26.4 Å². The Morgan fingerprint density at radius 3 is 1.96 bits per heavy atom. The molecule has 24 heavy (non-hydrogen) atoms. The van der Waals surface area contributed by atoms with Gasteiger partial charge in [0.2, 0.25) is 0 Å². The number of nitrogens with zero attached hydrogens (tertiary/aromatic N) is 2. The second-order valence-electron chi connectivity index (χ2n) is 4.85. The van der Waals surface area contributed by atoms with Gasteiger partial charge in [-0.05, 0) is 12.8 Å². The molecule has 0 heterocycles. The molecule has 0 aromatic carbocycles. The number of nitrogens with two attached hydrogens (primary N) is 2. The van der Waals surface area contributed by atoms with Crippen LogP contribution in [0.1, 0.15) is 12.8 Å². The molecule has 0 aliphatic rings. The summed E-state index contributed by atoms with van der Waals surface area (Å²) in [6.45, 7) is -1.84. The normalized spacial score (nSPS) is 15.0. The van der Waals surface area contributed by atoms with Gasteiger partial charge in [0.15, 0.2) is 12.0 Å². The van der Waals surface area contributed by atoms with E-state index in [0.717, 1.165) is 0 Å². The van der Waals surface area contributed by atoms with E-state index in [-0.39, 0.29) is 18.9 Å². The van der Waals surface area contributed by atoms with Gasteiger partial charge in [0, 0.05) is 6.54 Å². The van der Waals surface area contributed by atoms with Crippen molar-refractivity contribution in [3.63, 3.8) is 0 Å². The third-order valence-electron chi connectivity index (χ3n) is 2.68. The van der Waals surface area contributed by atoms with Gasteiger partial charge in [0.1, 0.15) is 12.2 Å². The van der Waals surface area contributed by atoms with Crippen LogP contribution >= 0.6 is 0 Å². The number of carboxylic acids is 1. The molecule has 0 fully saturated rings. The first kappa shape index (κ1) is 22.5. The van der Waals surface area contributed by atoms with Crippen molar-refractivity contribution in [2.24, 2.45) is 16.5 Å². The number of aliphatic hydroxyl groups excluding tert-OH is 4. The Morgan fingerprint density at radius 2 is 1.58 bits per heavy atom. The molecular formula is C12H26N4O8. The Bertz CT molecular complexity index is 366. The zero-order valence-electron chi connectivity index (χ0n) is 13.2. The minimum atomic E-state index is -1.28. The van der Waals surface area contributed by atoms with E-state index in [1.165, 1.54) is 0 Å². The van der Waals surface area contributed by atoms with Gasteiger partial charge in [-0.25, -0.2) is 0 Å². The number of rotatable bonds is 14. The Hall–Kier alpha value is -1.54. The number of hydrogen-bond acceptors (Lipinski definition) is 9. The first-order valence-electron chi connectivity index (χ1n) is 7.22. The van der Waals surface area contributed by atoms with Crippen LogP contribution in [0.25, 0.3) is 0 Å². The van der Waals surface area contributed by atoms with Crippen molar-refractivity contribution < 1.29 is 40.0 Å². The maximum absolute atomic E-state index is 11.4. The van der Waals surface area contributed by atoms with Gasteiger partial charge in [0.25, 0.3) is 0 Å². The van der Waals surface area contributed by atoms with Crippen LogP contribution in [0.2, 0.25) is 0 Å². The van der Waals surface area contributed by atoms with Crippen LogP contribution < -0.4 is 11.5 Å². The highest BCUT2D eigenvalue weighted by Gasteiger charge is 2.29. The van der Waals surface area contributed by atoms with Crippen molar-refractivity contribution in [2.45, 2.75) is 31.1 Å². The van der Waals surface area contributed by atoms with Crippen molar-refractivity contribution >= 4 is 11.9 Å². The molecule has 12 heteroatoms. The largest absolute Gasteiger partial charge is 0.480 e. The first-order chi connectivity index (χ1) is 11.3. The van der Waals surface area contributed by atoms with Crippen LogP contribution in [0.4, 0.5) is 0 Å². The third kappa shape index (κ3) is 10.3. The molecule has 0 spiro atoms. The zero-order valence-corrected chi connectivity index (χ0v) is 13.2. The van der Waals surface area contributed by atoms with Crippen LogP contribution in [0, 0.1) is 0 Å². The Labute approximate surface area is 138 Å². The summed E-state index contributed by atoms with van der Waals surface area (Å²) in [6, 6.07) is -1.28. The van der Waals surface area contributed by atoms with E-state index in [1.807, 2.05) is 0 Å². The smallest absolute Gasteiger partial charge is 0.325 e. The van der Waals surface area contributed by atoms with E-state index >= 15 is 0 Å². The molecule has 0 aromatic rings. The number of aliphatic imine (C=N–C) groups is 1. The fourth-order valence-electron chi connectivity index (χ4n) is 1.45. The van der Waals surface area contributed by atoms with E-state index in [1.54, 1.807) is 0 Å². The van der Waals surface area contributed by atoms with Gasteiger partial charge in [-0.3, -0.25) is 19.5 Å². The van der Waals surface area contributed by atoms with Crippen molar-refractivity contribution in [3.8, 4) is 0 Å². The van der Waals surface area contributed by atoms with E-state index in [2.05, 4.69) is 4.99 Å². The number of carbonyl (C=O) groups is 1. The molecule has 0 saturated heterocycles. The molecule has 0 aromatic heterocycles. The minimum Gasteiger partial charge on any atom is -0.480 e. The average Bonchev–Trinajstić information content (AvgIpc) is 2.54. The van der Waals surface area contributed by atoms with Crippen molar-refractivity contribution in [2.75, 3.05) is 33.0 Å². The summed E-state index contributed by atoms with van der Waals surface area (Å²) >= 11 is 0. The van der Waals surface area contributed by atoms with Gasteiger partial charge >= 0.3 is 5.97 Å². The predicted octanol–water partition coefficient (Wildman–Crippen LogP) is -3.64. The van der Waals surface area contributed by atoms with Crippen LogP contribution in [-0.4, -0.2) is 93.9 Å². The molecule has 12 nitrogen and oxygen atoms in total. The van der Waals surface area contributed by atoms with Crippen molar-refractivity contribution in [3.05, 3.63) is 0 Å². The number of guanidine groups is 1. The third-order valence-corrected chi connectivity index (χ3v) is 2.68. The highest BCUT2D eigenvalue weighted by Crippen LogP contribution is 2.11. The highest BCUT2D eigenvalue weighted by molar-refractivity contribution is 5.75. The number of aliphatic hydroxyl groups is 4. The molecule has 0 amide bonds. The molecule has 0 aliphatic heterocycles. The number of carboxylic acid groups (broad SMARTS) is 1. The molecule has 9 N–H and O–H groups in total. The number of hydroxylamine groups is 2. The van der Waals surface area contributed by atoms with Gasteiger partial charge in [-0.15, -0.1) is 0 Å². The van der Waals surface area contributed by atoms with Crippen molar-refractivity contribution in [1.82, 2.24) is 5.23 Å². The Morgan fingerprint density at radius 1 is 1.08 bits per heavy atom. The van der Waals surface area contributed by atoms with Gasteiger partial charge in [-0.1, -0.05) is 5.23 Å². The quantitative estimate of drug-likeness (QED) is 0.0701. The summed E-state index contributed by atoms with van der Waals surface area (Å²) in [5.74, 6) is -1.40. The lowest BCUT2D eigenvalue weighted by Crippen LogP contribution is -2.44. The molecular weight excluding hydrogens is 328 g/mol. The summed E-state index contributed by atoms with van der Waals surface area (Å²) in [5.41, 5.74) is 10.3. The monoisotopic (exact) mass is 354 g/mol. The van der Waals surface area contributed by atoms with E-state index in [4.69, 9.17) is 31.4 Å². The van der Waals surface area contributed by atoms with Crippen LogP contribution in [-0.2, 0) is 14.5 Å². The molecule has 0 aliphatic carbocycles. The van der Waals surface area contributed by atoms with Crippen molar-refractivity contribution in [1.29, 1.82) is 0 Å². The van der Waals surface area contributed by atoms with E-state index < -0.39 is 50.6 Å². The SMILES string of the molecule is NC(N)=NCCC[C@@H](C(=O)O)N(OCC(O)CO)OCC(O)CO. The van der Waals surface area contributed by atoms with Crippen LogP contribution in [0.15, 0.2) is 4.99 Å². The highest BCUT2D eigenvalue weighted by atomic mass is 17.0. The lowest BCUT2D eigenvalue weighted by molar-refractivity contribution is -0.394. The number of hydrogen-bond donors (Lipinski definition) is 7. The lowest BCUT2D eigenvalue weighted by Gasteiger charge is -2.28. The number of aliphatic carboxylic acids is 1. The fraction of sp³-hybridized carbons (Fsp3) is 0.833. The molecule has 3 atom stereocenters. The van der Waals surface area contributed by atoms with Crippen LogP contribution in [0.5, 0.6) is 0 Å². The average molecular weight is 354 g/mol. The predicted molar refractivity (Wildman–Crippen MR) is 81.3 cm³/mol. The maximum Gasteiger partial charge on any atom is 0.325 e. The summed E-state index contributed by atoms with van der Waals surface area (Å²) in [6.07, 6.45) is -2.15. The zero-order chi connectivity index (χ0) is 18.5. The van der Waals surface area contributed by atoms with Crippen LogP contribution in [0.3, 0.4) is 0 Å². The summed E-state index contributed by atoms with van der Waals surface area (Å²) in [7, 11) is 0. The minimum absolute atomic E-state index is 0.0382. The topological polar surface area (TPSA) is 204 Å². The fourth-order valence-corrected chi connectivity index (χ4v) is 1.45. The Balaban J connectivity index is 4.77. The summed E-state index contributed by atoms with van der Waals surface area (Å²) in [5, 5.41) is 46.0. The Kier molecular flexibility index (Phi) is 12.0. The van der Waals surface area contributed by atoms with Gasteiger partial charge in [-0.2, -0.15) is 0 Å². The second kappa shape index (κ2) is 12.8. The van der Waals surface area contributed by atoms with E-state index in [9.17, 15) is 20.1 Å². The first-order valence-corrected chi connectivity index (χ1v) is 7.22. The summed E-state index contributed by atoms with van der Waals surface area (Å²) in [4.78, 5) is 25.2. The molecule has 0 saturated carbocycles. The molecule has 0 bridgehead atoms. The standard InChI is InChI=1S/C12H26N4O8/c13-12(14)15-3-1-2-10(11(21)22)16(23-6-8(19)4-17)24-7-9(20)5-18/h8-10,17-20H,1-7H2,(H,21,22)(H4,13,14,15)/t8?,9?,10-/m0/s1. The molecule has 142 valence electrons.